The summed E-state index contributed by atoms with van der Waals surface area (Å²) >= 11 is 3.38. The number of allylic oxidation sites excluding steroid dienone is 1. The molecule has 0 spiro atoms. The quantitative estimate of drug-likeness (QED) is 0.786. The summed E-state index contributed by atoms with van der Waals surface area (Å²) in [4.78, 5) is 8.24. The Kier molecular flexibility index (Phi) is 2.93. The van der Waals surface area contributed by atoms with Crippen LogP contribution in [-0.2, 0) is 0 Å². The Morgan fingerprint density at radius 2 is 2.36 bits per heavy atom. The molecule has 0 aliphatic carbocycles. The molecule has 0 aliphatic heterocycles. The fourth-order valence-electron chi connectivity index (χ4n) is 1.25. The lowest BCUT2D eigenvalue weighted by molar-refractivity contribution is 1.11. The van der Waals surface area contributed by atoms with Crippen molar-refractivity contribution >= 4 is 27.7 Å². The van der Waals surface area contributed by atoms with Gasteiger partial charge in [0.15, 0.2) is 5.65 Å². The number of nitrogens with zero attached hydrogens (tertiary/aromatic N) is 3. The van der Waals surface area contributed by atoms with E-state index >= 15 is 0 Å². The van der Waals surface area contributed by atoms with Crippen LogP contribution in [0.15, 0.2) is 30.9 Å². The molecular weight excluding hydrogens is 242 g/mol. The van der Waals surface area contributed by atoms with Crippen LogP contribution >= 0.6 is 15.9 Å². The van der Waals surface area contributed by atoms with Crippen molar-refractivity contribution in [2.24, 2.45) is 0 Å². The number of imidazole rings is 1. The molecule has 0 amide bonds. The largest absolute Gasteiger partial charge is 0.297 e. The molecule has 0 fully saturated rings. The van der Waals surface area contributed by atoms with Crippen LogP contribution in [0.5, 0.6) is 0 Å². The predicted molar refractivity (Wildman–Crippen MR) is 60.4 cm³/mol. The maximum absolute atomic E-state index is 4.23. The van der Waals surface area contributed by atoms with E-state index in [1.54, 1.807) is 12.4 Å². The number of rotatable bonds is 3. The first-order valence-electron chi connectivity index (χ1n) is 4.41. The van der Waals surface area contributed by atoms with Crippen molar-refractivity contribution in [1.82, 2.24) is 14.4 Å². The van der Waals surface area contributed by atoms with Crippen LogP contribution in [-0.4, -0.2) is 19.7 Å². The number of aromatic nitrogens is 3. The monoisotopic (exact) mass is 251 g/mol. The molecule has 3 nitrogen and oxygen atoms in total. The molecule has 0 aliphatic rings. The second-order valence-electron chi connectivity index (χ2n) is 2.87. The van der Waals surface area contributed by atoms with Gasteiger partial charge in [0.1, 0.15) is 0 Å². The van der Waals surface area contributed by atoms with Crippen molar-refractivity contribution in [1.29, 1.82) is 0 Å². The summed E-state index contributed by atoms with van der Waals surface area (Å²) in [6.07, 6.45) is 12.5. The van der Waals surface area contributed by atoms with Gasteiger partial charge in [-0.3, -0.25) is 9.38 Å². The lowest BCUT2D eigenvalue weighted by Crippen LogP contribution is -1.86. The summed E-state index contributed by atoms with van der Waals surface area (Å²) in [5.41, 5.74) is 1.97. The maximum atomic E-state index is 4.23. The van der Waals surface area contributed by atoms with E-state index < -0.39 is 0 Å². The standard InChI is InChI=1S/C10H10BrN3/c11-4-2-1-3-9-7-13-10-8-12-5-6-14(9)10/h1,3,5-8H,2,4H2. The molecule has 0 saturated carbocycles. The van der Waals surface area contributed by atoms with Crippen molar-refractivity contribution < 1.29 is 0 Å². The molecule has 2 rings (SSSR count). The number of fused-ring (bicyclic) bond motifs is 1. The average Bonchev–Trinajstić information content (AvgIpc) is 2.63. The van der Waals surface area contributed by atoms with Crippen molar-refractivity contribution in [3.63, 3.8) is 0 Å². The molecule has 0 radical (unpaired) electrons. The molecule has 4 heteroatoms. The number of alkyl halides is 1. The fraction of sp³-hybridized carbons (Fsp3) is 0.200. The van der Waals surface area contributed by atoms with Crippen LogP contribution in [0.1, 0.15) is 12.1 Å². The smallest absolute Gasteiger partial charge is 0.155 e. The third-order valence-electron chi connectivity index (χ3n) is 1.91. The molecule has 0 aromatic carbocycles. The summed E-state index contributed by atoms with van der Waals surface area (Å²) in [5.74, 6) is 0. The van der Waals surface area contributed by atoms with Gasteiger partial charge in [-0.15, -0.1) is 0 Å². The summed E-state index contributed by atoms with van der Waals surface area (Å²) in [6.45, 7) is 0. The first-order chi connectivity index (χ1) is 6.92. The first kappa shape index (κ1) is 9.40. The topological polar surface area (TPSA) is 30.2 Å². The molecule has 72 valence electrons. The lowest BCUT2D eigenvalue weighted by Gasteiger charge is -1.93. The average molecular weight is 252 g/mol. The molecule has 0 bridgehead atoms. The summed E-state index contributed by atoms with van der Waals surface area (Å²) in [6, 6.07) is 0. The minimum atomic E-state index is 0.881. The zero-order valence-corrected chi connectivity index (χ0v) is 9.18. The Hall–Kier alpha value is -1.16. The van der Waals surface area contributed by atoms with Crippen LogP contribution < -0.4 is 0 Å². The third kappa shape index (κ3) is 1.85. The molecule has 0 unspecified atom stereocenters. The number of hydrogen-bond acceptors (Lipinski definition) is 2. The van der Waals surface area contributed by atoms with Crippen molar-refractivity contribution in [2.45, 2.75) is 6.42 Å². The maximum Gasteiger partial charge on any atom is 0.155 e. The highest BCUT2D eigenvalue weighted by atomic mass is 79.9. The van der Waals surface area contributed by atoms with Gasteiger partial charge in [-0.1, -0.05) is 22.0 Å². The zero-order valence-electron chi connectivity index (χ0n) is 7.60. The van der Waals surface area contributed by atoms with Crippen LogP contribution in [0, 0.1) is 0 Å². The number of hydrogen-bond donors (Lipinski definition) is 0. The molecule has 2 aromatic rings. The van der Waals surface area contributed by atoms with Crippen LogP contribution in [0.4, 0.5) is 0 Å². The summed E-state index contributed by atoms with van der Waals surface area (Å²) in [7, 11) is 0. The SMILES string of the molecule is BrCCC=Cc1cnc2cnccn12. The molecule has 0 N–H and O–H groups in total. The van der Waals surface area contributed by atoms with E-state index in [-0.39, 0.29) is 0 Å². The van der Waals surface area contributed by atoms with Gasteiger partial charge in [0.05, 0.1) is 18.1 Å². The van der Waals surface area contributed by atoms with E-state index in [1.165, 1.54) is 0 Å². The van der Waals surface area contributed by atoms with Crippen molar-refractivity contribution in [3.05, 3.63) is 36.6 Å². The van der Waals surface area contributed by atoms with Crippen molar-refractivity contribution in [3.8, 4) is 0 Å². The second kappa shape index (κ2) is 4.37. The molecule has 0 saturated heterocycles. The van der Waals surface area contributed by atoms with E-state index in [9.17, 15) is 0 Å². The van der Waals surface area contributed by atoms with E-state index in [0.717, 1.165) is 23.1 Å². The fourth-order valence-corrected chi connectivity index (χ4v) is 1.52. The summed E-state index contributed by atoms with van der Waals surface area (Å²) in [5, 5.41) is 0.988. The zero-order chi connectivity index (χ0) is 9.80. The highest BCUT2D eigenvalue weighted by Gasteiger charge is 1.97. The van der Waals surface area contributed by atoms with E-state index in [1.807, 2.05) is 16.8 Å². The van der Waals surface area contributed by atoms with Crippen LogP contribution in [0.2, 0.25) is 0 Å². The van der Waals surface area contributed by atoms with E-state index in [4.69, 9.17) is 0 Å². The van der Waals surface area contributed by atoms with Gasteiger partial charge in [-0.2, -0.15) is 0 Å². The van der Waals surface area contributed by atoms with Gasteiger partial charge in [-0.05, 0) is 12.5 Å². The normalized spacial score (nSPS) is 11.5. The summed E-state index contributed by atoms with van der Waals surface area (Å²) < 4.78 is 2.01. The lowest BCUT2D eigenvalue weighted by atomic mass is 10.3. The Balaban J connectivity index is 2.34. The third-order valence-corrected chi connectivity index (χ3v) is 2.37. The second-order valence-corrected chi connectivity index (χ2v) is 3.66. The van der Waals surface area contributed by atoms with E-state index in [2.05, 4.69) is 38.0 Å². The number of halogens is 1. The van der Waals surface area contributed by atoms with Gasteiger partial charge in [0.2, 0.25) is 0 Å². The van der Waals surface area contributed by atoms with Gasteiger partial charge in [0, 0.05) is 17.7 Å². The molecule has 14 heavy (non-hydrogen) atoms. The van der Waals surface area contributed by atoms with Crippen molar-refractivity contribution in [2.75, 3.05) is 5.33 Å². The molecule has 2 heterocycles. The Morgan fingerprint density at radius 1 is 1.43 bits per heavy atom. The minimum Gasteiger partial charge on any atom is -0.297 e. The Labute approximate surface area is 90.6 Å². The highest BCUT2D eigenvalue weighted by Crippen LogP contribution is 2.06. The predicted octanol–water partition coefficient (Wildman–Crippen LogP) is 2.53. The Bertz CT molecular complexity index is 447. The van der Waals surface area contributed by atoms with E-state index in [0.29, 0.717) is 0 Å². The first-order valence-corrected chi connectivity index (χ1v) is 5.53. The van der Waals surface area contributed by atoms with Gasteiger partial charge < -0.3 is 0 Å². The van der Waals surface area contributed by atoms with Gasteiger partial charge in [0.25, 0.3) is 0 Å². The van der Waals surface area contributed by atoms with Crippen LogP contribution in [0.3, 0.4) is 0 Å². The highest BCUT2D eigenvalue weighted by molar-refractivity contribution is 9.09. The molecule has 0 atom stereocenters. The Morgan fingerprint density at radius 3 is 3.21 bits per heavy atom. The minimum absolute atomic E-state index is 0.881. The van der Waals surface area contributed by atoms with Crippen LogP contribution in [0.25, 0.3) is 11.7 Å². The van der Waals surface area contributed by atoms with Gasteiger partial charge >= 0.3 is 0 Å². The van der Waals surface area contributed by atoms with Gasteiger partial charge in [-0.25, -0.2) is 4.98 Å². The molecule has 2 aromatic heterocycles. The molecular formula is C10H10BrN3.